The molecule has 0 saturated heterocycles. The highest BCUT2D eigenvalue weighted by Gasteiger charge is 2.32. The zero-order chi connectivity index (χ0) is 16.3. The van der Waals surface area contributed by atoms with Crippen molar-refractivity contribution in [1.82, 2.24) is 4.72 Å². The van der Waals surface area contributed by atoms with Crippen LogP contribution in [0.15, 0.2) is 27.6 Å². The molecule has 23 heavy (non-hydrogen) atoms. The van der Waals surface area contributed by atoms with Gasteiger partial charge in [-0.25, -0.2) is 13.1 Å². The van der Waals surface area contributed by atoms with Gasteiger partial charge in [-0.3, -0.25) is 10.1 Å². The van der Waals surface area contributed by atoms with Gasteiger partial charge < -0.3 is 5.73 Å². The lowest BCUT2D eigenvalue weighted by atomic mass is 9.99. The molecule has 1 saturated carbocycles. The number of sulfonamides is 1. The van der Waals surface area contributed by atoms with Gasteiger partial charge in [-0.1, -0.05) is 28.8 Å². The molecule has 3 N–H and O–H groups in total. The molecule has 10 heteroatoms. The van der Waals surface area contributed by atoms with E-state index in [-0.39, 0.29) is 29.8 Å². The van der Waals surface area contributed by atoms with Crippen molar-refractivity contribution in [3.05, 3.63) is 32.8 Å². The number of hydrogen-bond donors (Lipinski definition) is 2. The van der Waals surface area contributed by atoms with Gasteiger partial charge in [-0.2, -0.15) is 0 Å². The fourth-order valence-electron chi connectivity index (χ4n) is 2.82. The number of nitrogens with two attached hydrogens (primary N) is 1. The number of nitrogens with zero attached hydrogens (tertiary/aromatic N) is 1. The molecular weight excluding hydrogens is 410 g/mol. The molecule has 0 radical (unpaired) electrons. The summed E-state index contributed by atoms with van der Waals surface area (Å²) < 4.78 is 28.0. The van der Waals surface area contributed by atoms with Crippen molar-refractivity contribution >= 4 is 44.0 Å². The van der Waals surface area contributed by atoms with Gasteiger partial charge in [0.15, 0.2) is 4.90 Å². The quantitative estimate of drug-likeness (QED) is 0.533. The van der Waals surface area contributed by atoms with Gasteiger partial charge in [-0.15, -0.1) is 12.4 Å². The van der Waals surface area contributed by atoms with E-state index in [2.05, 4.69) is 20.7 Å². The number of nitro benzene ring substituents is 1. The number of nitrogens with one attached hydrogen (secondary N) is 1. The van der Waals surface area contributed by atoms with E-state index < -0.39 is 26.7 Å². The van der Waals surface area contributed by atoms with Gasteiger partial charge in [0.1, 0.15) is 0 Å². The molecule has 1 atom stereocenters. The van der Waals surface area contributed by atoms with Crippen LogP contribution in [0.1, 0.15) is 25.7 Å². The van der Waals surface area contributed by atoms with Crippen LogP contribution in [0.5, 0.6) is 0 Å². The van der Waals surface area contributed by atoms with Crippen molar-refractivity contribution < 1.29 is 13.3 Å². The monoisotopic (exact) mass is 427 g/mol. The average molecular weight is 429 g/mol. The van der Waals surface area contributed by atoms with Crippen molar-refractivity contribution in [2.24, 2.45) is 11.7 Å². The average Bonchev–Trinajstić information content (AvgIpc) is 2.98. The highest BCUT2D eigenvalue weighted by Crippen LogP contribution is 2.30. The normalized spacial score (nSPS) is 16.8. The lowest BCUT2D eigenvalue weighted by Crippen LogP contribution is -2.44. The van der Waals surface area contributed by atoms with E-state index in [9.17, 15) is 18.5 Å². The summed E-state index contributed by atoms with van der Waals surface area (Å²) >= 11 is 3.11. The Labute approximate surface area is 149 Å². The summed E-state index contributed by atoms with van der Waals surface area (Å²) in [4.78, 5) is 10.1. The molecule has 0 aromatic heterocycles. The minimum absolute atomic E-state index is 0. The van der Waals surface area contributed by atoms with Crippen molar-refractivity contribution in [2.75, 3.05) is 6.54 Å². The van der Waals surface area contributed by atoms with E-state index in [0.717, 1.165) is 25.7 Å². The summed E-state index contributed by atoms with van der Waals surface area (Å²) in [7, 11) is -3.99. The summed E-state index contributed by atoms with van der Waals surface area (Å²) in [5.41, 5.74) is 5.24. The Balaban J connectivity index is 0.00000264. The maximum atomic E-state index is 12.5. The number of nitro groups is 1. The summed E-state index contributed by atoms with van der Waals surface area (Å²) in [6.45, 7) is 0.175. The van der Waals surface area contributed by atoms with E-state index in [1.54, 1.807) is 0 Å². The molecule has 1 aliphatic rings. The summed E-state index contributed by atoms with van der Waals surface area (Å²) in [6.07, 6.45) is 3.96. The number of benzene rings is 1. The van der Waals surface area contributed by atoms with E-state index in [0.29, 0.717) is 4.47 Å². The zero-order valence-electron chi connectivity index (χ0n) is 12.3. The highest BCUT2D eigenvalue weighted by atomic mass is 79.9. The molecule has 7 nitrogen and oxygen atoms in total. The molecule has 1 aromatic rings. The van der Waals surface area contributed by atoms with Gasteiger partial charge >= 0.3 is 0 Å². The first kappa shape index (κ1) is 20.3. The van der Waals surface area contributed by atoms with Gasteiger partial charge in [0.25, 0.3) is 5.69 Å². The maximum absolute atomic E-state index is 12.5. The summed E-state index contributed by atoms with van der Waals surface area (Å²) in [5, 5.41) is 11.1. The van der Waals surface area contributed by atoms with Crippen molar-refractivity contribution in [1.29, 1.82) is 0 Å². The van der Waals surface area contributed by atoms with Crippen LogP contribution in [0.25, 0.3) is 0 Å². The minimum atomic E-state index is -3.99. The molecule has 130 valence electrons. The van der Waals surface area contributed by atoms with Crippen LogP contribution in [0.4, 0.5) is 5.69 Å². The van der Waals surface area contributed by atoms with E-state index >= 15 is 0 Å². The first-order chi connectivity index (χ1) is 10.3. The summed E-state index contributed by atoms with van der Waals surface area (Å²) in [5.74, 6) is 0.189. The predicted molar refractivity (Wildman–Crippen MR) is 93.2 cm³/mol. The highest BCUT2D eigenvalue weighted by molar-refractivity contribution is 9.10. The molecule has 1 aliphatic carbocycles. The molecule has 0 amide bonds. The SMILES string of the molecule is Cl.NCC(NS(=O)(=O)c1ccc(Br)cc1[N+](=O)[O-])C1CCCC1. The Morgan fingerprint density at radius 2 is 2.00 bits per heavy atom. The molecule has 0 aliphatic heterocycles. The predicted octanol–water partition coefficient (Wildman–Crippen LogP) is 2.57. The molecule has 2 rings (SSSR count). The molecule has 1 unspecified atom stereocenters. The minimum Gasteiger partial charge on any atom is -0.329 e. The van der Waals surface area contributed by atoms with E-state index in [4.69, 9.17) is 5.73 Å². The standard InChI is InChI=1S/C13H18BrN3O4S.ClH/c14-10-5-6-13(12(7-10)17(18)19)22(20,21)16-11(8-15)9-3-1-2-4-9;/h5-7,9,11,16H,1-4,8,15H2;1H. The number of hydrogen-bond acceptors (Lipinski definition) is 5. The number of halogens is 2. The lowest BCUT2D eigenvalue weighted by Gasteiger charge is -2.22. The third-order valence-corrected chi connectivity index (χ3v) is 5.97. The second-order valence-corrected chi connectivity index (χ2v) is 7.98. The molecule has 1 fully saturated rings. The van der Waals surface area contributed by atoms with Crippen molar-refractivity contribution in [2.45, 2.75) is 36.6 Å². The van der Waals surface area contributed by atoms with Crippen molar-refractivity contribution in [3.8, 4) is 0 Å². The fraction of sp³-hybridized carbons (Fsp3) is 0.538. The smallest absolute Gasteiger partial charge is 0.290 e. The largest absolute Gasteiger partial charge is 0.329 e. The first-order valence-electron chi connectivity index (χ1n) is 7.01. The van der Waals surface area contributed by atoms with Gasteiger partial charge in [-0.05, 0) is 30.9 Å². The first-order valence-corrected chi connectivity index (χ1v) is 9.29. The summed E-state index contributed by atoms with van der Waals surface area (Å²) in [6, 6.07) is 3.49. The van der Waals surface area contributed by atoms with E-state index in [1.807, 2.05) is 0 Å². The molecule has 0 bridgehead atoms. The topological polar surface area (TPSA) is 115 Å². The lowest BCUT2D eigenvalue weighted by molar-refractivity contribution is -0.387. The number of rotatable bonds is 6. The Morgan fingerprint density at radius 3 is 2.52 bits per heavy atom. The van der Waals surface area contributed by atoms with Gasteiger partial charge in [0.2, 0.25) is 10.0 Å². The van der Waals surface area contributed by atoms with Crippen LogP contribution in [0.2, 0.25) is 0 Å². The van der Waals surface area contributed by atoms with Gasteiger partial charge in [0.05, 0.1) is 4.92 Å². The third-order valence-electron chi connectivity index (χ3n) is 3.94. The Hall–Kier alpha value is -0.740. The van der Waals surface area contributed by atoms with Gasteiger partial charge in [0, 0.05) is 23.1 Å². The van der Waals surface area contributed by atoms with Crippen LogP contribution in [0.3, 0.4) is 0 Å². The maximum Gasteiger partial charge on any atom is 0.290 e. The zero-order valence-corrected chi connectivity index (χ0v) is 15.5. The van der Waals surface area contributed by atoms with Crippen LogP contribution in [0, 0.1) is 16.0 Å². The second kappa shape index (κ2) is 8.39. The Bertz CT molecular complexity index is 665. The molecule has 0 heterocycles. The molecular formula is C13H19BrClN3O4S. The second-order valence-electron chi connectivity index (χ2n) is 5.38. The van der Waals surface area contributed by atoms with Crippen molar-refractivity contribution in [3.63, 3.8) is 0 Å². The van der Waals surface area contributed by atoms with Crippen LogP contribution in [-0.4, -0.2) is 25.9 Å². The van der Waals surface area contributed by atoms with Crippen LogP contribution < -0.4 is 10.5 Å². The van der Waals surface area contributed by atoms with E-state index in [1.165, 1.54) is 18.2 Å². The van der Waals surface area contributed by atoms with Crippen LogP contribution in [-0.2, 0) is 10.0 Å². The Morgan fingerprint density at radius 1 is 1.39 bits per heavy atom. The third kappa shape index (κ3) is 4.87. The molecule has 1 aromatic carbocycles. The van der Waals surface area contributed by atoms with Crippen LogP contribution >= 0.6 is 28.3 Å². The Kier molecular flexibility index (Phi) is 7.40. The fourth-order valence-corrected chi connectivity index (χ4v) is 4.64. The molecule has 0 spiro atoms.